The molecule has 1 atom stereocenters. The summed E-state index contributed by atoms with van der Waals surface area (Å²) in [6.45, 7) is 9.23. The molecule has 6 heteroatoms. The molecule has 2 heterocycles. The van der Waals surface area contributed by atoms with Crippen LogP contribution in [0.5, 0.6) is 0 Å². The third-order valence-corrected chi connectivity index (χ3v) is 3.67. The number of amides is 1. The lowest BCUT2D eigenvalue weighted by Crippen LogP contribution is -2.47. The molecule has 1 fully saturated rings. The minimum absolute atomic E-state index is 0.221. The molecule has 1 unspecified atom stereocenters. The first-order valence-electron chi connectivity index (χ1n) is 8.05. The fraction of sp³-hybridized carbons (Fsp3) is 0.750. The zero-order valence-corrected chi connectivity index (χ0v) is 14.3. The van der Waals surface area contributed by atoms with E-state index in [1.807, 2.05) is 38.7 Å². The van der Waals surface area contributed by atoms with Gasteiger partial charge < -0.3 is 15.0 Å². The monoisotopic (exact) mass is 308 g/mol. The lowest BCUT2D eigenvalue weighted by Gasteiger charge is -2.34. The van der Waals surface area contributed by atoms with Crippen molar-refractivity contribution >= 4 is 11.8 Å². The zero-order valence-electron chi connectivity index (χ0n) is 14.3. The number of nitrogens with zero attached hydrogens (tertiary/aromatic N) is 3. The number of anilines is 1. The van der Waals surface area contributed by atoms with Crippen molar-refractivity contribution in [3.8, 4) is 0 Å². The SMILES string of the molecule is CCc1nn(C)cc1NC1CCCN(C(=O)OC(C)(C)C)C1. The number of nitrogens with one attached hydrogen (secondary N) is 1. The number of hydrogen-bond acceptors (Lipinski definition) is 4. The van der Waals surface area contributed by atoms with E-state index in [9.17, 15) is 4.79 Å². The Morgan fingerprint density at radius 2 is 2.23 bits per heavy atom. The molecule has 0 spiro atoms. The zero-order chi connectivity index (χ0) is 16.3. The number of aryl methyl sites for hydroxylation is 2. The van der Waals surface area contributed by atoms with Gasteiger partial charge in [-0.3, -0.25) is 4.68 Å². The minimum Gasteiger partial charge on any atom is -0.444 e. The average molecular weight is 308 g/mol. The van der Waals surface area contributed by atoms with Gasteiger partial charge in [0.1, 0.15) is 5.60 Å². The number of carbonyl (C=O) groups is 1. The third kappa shape index (κ3) is 4.39. The Morgan fingerprint density at radius 3 is 2.86 bits per heavy atom. The van der Waals surface area contributed by atoms with E-state index in [1.165, 1.54) is 0 Å². The summed E-state index contributed by atoms with van der Waals surface area (Å²) in [7, 11) is 1.93. The second-order valence-electron chi connectivity index (χ2n) is 6.93. The molecule has 1 aliphatic heterocycles. The third-order valence-electron chi connectivity index (χ3n) is 3.67. The van der Waals surface area contributed by atoms with Crippen LogP contribution in [0, 0.1) is 0 Å². The second-order valence-corrected chi connectivity index (χ2v) is 6.93. The molecule has 1 saturated heterocycles. The second kappa shape index (κ2) is 6.58. The normalized spacial score (nSPS) is 19.1. The number of ether oxygens (including phenoxy) is 1. The van der Waals surface area contributed by atoms with Crippen molar-refractivity contribution in [3.05, 3.63) is 11.9 Å². The summed E-state index contributed by atoms with van der Waals surface area (Å²) in [5.74, 6) is 0. The van der Waals surface area contributed by atoms with Gasteiger partial charge in [0.05, 0.1) is 11.4 Å². The highest BCUT2D eigenvalue weighted by Gasteiger charge is 2.28. The topological polar surface area (TPSA) is 59.4 Å². The van der Waals surface area contributed by atoms with E-state index in [4.69, 9.17) is 4.74 Å². The van der Waals surface area contributed by atoms with Crippen LogP contribution in [-0.4, -0.2) is 45.5 Å². The molecule has 0 aliphatic carbocycles. The first-order chi connectivity index (χ1) is 10.3. The predicted octanol–water partition coefficient (Wildman–Crippen LogP) is 2.79. The van der Waals surface area contributed by atoms with Crippen LogP contribution in [-0.2, 0) is 18.2 Å². The van der Waals surface area contributed by atoms with E-state index in [-0.39, 0.29) is 12.1 Å². The molecule has 1 aromatic rings. The van der Waals surface area contributed by atoms with Gasteiger partial charge in [-0.05, 0) is 40.0 Å². The molecule has 1 aromatic heterocycles. The maximum atomic E-state index is 12.2. The smallest absolute Gasteiger partial charge is 0.410 e. The molecular formula is C16H28N4O2. The Morgan fingerprint density at radius 1 is 1.50 bits per heavy atom. The predicted molar refractivity (Wildman–Crippen MR) is 87.0 cm³/mol. The minimum atomic E-state index is -0.448. The van der Waals surface area contributed by atoms with Crippen LogP contribution in [0.3, 0.4) is 0 Å². The molecule has 6 nitrogen and oxygen atoms in total. The van der Waals surface area contributed by atoms with Crippen molar-refractivity contribution in [2.24, 2.45) is 7.05 Å². The number of rotatable bonds is 3. The van der Waals surface area contributed by atoms with Gasteiger partial charge in [0.25, 0.3) is 0 Å². The quantitative estimate of drug-likeness (QED) is 0.933. The molecule has 124 valence electrons. The van der Waals surface area contributed by atoms with Crippen LogP contribution in [0.15, 0.2) is 6.20 Å². The average Bonchev–Trinajstić information content (AvgIpc) is 2.77. The van der Waals surface area contributed by atoms with Crippen LogP contribution in [0.2, 0.25) is 0 Å². The van der Waals surface area contributed by atoms with Crippen LogP contribution in [0.1, 0.15) is 46.2 Å². The van der Waals surface area contributed by atoms with Gasteiger partial charge in [0, 0.05) is 32.4 Å². The molecule has 1 amide bonds. The summed E-state index contributed by atoms with van der Waals surface area (Å²) < 4.78 is 7.30. The van der Waals surface area contributed by atoms with Crippen LogP contribution in [0.4, 0.5) is 10.5 Å². The highest BCUT2D eigenvalue weighted by atomic mass is 16.6. The lowest BCUT2D eigenvalue weighted by molar-refractivity contribution is 0.0206. The van der Waals surface area contributed by atoms with Gasteiger partial charge in [0.2, 0.25) is 0 Å². The summed E-state index contributed by atoms with van der Waals surface area (Å²) >= 11 is 0. The lowest BCUT2D eigenvalue weighted by atomic mass is 10.1. The van der Waals surface area contributed by atoms with Gasteiger partial charge in [-0.25, -0.2) is 4.79 Å². The number of piperidine rings is 1. The number of aromatic nitrogens is 2. The Hall–Kier alpha value is -1.72. The summed E-state index contributed by atoms with van der Waals surface area (Å²) in [6.07, 6.45) is 4.72. The summed E-state index contributed by atoms with van der Waals surface area (Å²) in [4.78, 5) is 14.0. The maximum absolute atomic E-state index is 12.2. The van der Waals surface area contributed by atoms with Gasteiger partial charge in [-0.15, -0.1) is 0 Å². The molecule has 1 N–H and O–H groups in total. The molecule has 22 heavy (non-hydrogen) atoms. The van der Waals surface area contributed by atoms with Crippen molar-refractivity contribution in [3.63, 3.8) is 0 Å². The largest absolute Gasteiger partial charge is 0.444 e. The van der Waals surface area contributed by atoms with Crippen LogP contribution < -0.4 is 5.32 Å². The molecule has 1 aliphatic rings. The number of hydrogen-bond donors (Lipinski definition) is 1. The van der Waals surface area contributed by atoms with Crippen molar-refractivity contribution < 1.29 is 9.53 Å². The molecule has 0 aromatic carbocycles. The van der Waals surface area contributed by atoms with E-state index in [2.05, 4.69) is 17.3 Å². The molecular weight excluding hydrogens is 280 g/mol. The first-order valence-corrected chi connectivity index (χ1v) is 8.05. The van der Waals surface area contributed by atoms with Crippen molar-refractivity contribution in [1.29, 1.82) is 0 Å². The van der Waals surface area contributed by atoms with E-state index < -0.39 is 5.60 Å². The van der Waals surface area contributed by atoms with Crippen molar-refractivity contribution in [1.82, 2.24) is 14.7 Å². The number of carbonyl (C=O) groups excluding carboxylic acids is 1. The number of likely N-dealkylation sites (tertiary alicyclic amines) is 1. The first kappa shape index (κ1) is 16.6. The van der Waals surface area contributed by atoms with E-state index in [0.717, 1.165) is 37.2 Å². The Bertz CT molecular complexity index is 519. The molecule has 0 radical (unpaired) electrons. The van der Waals surface area contributed by atoms with Crippen molar-refractivity contribution in [2.75, 3.05) is 18.4 Å². The Labute approximate surface area is 132 Å². The summed E-state index contributed by atoms with van der Waals surface area (Å²) in [5, 5.41) is 7.98. The van der Waals surface area contributed by atoms with Crippen LogP contribution in [0.25, 0.3) is 0 Å². The molecule has 2 rings (SSSR count). The van der Waals surface area contributed by atoms with Gasteiger partial charge in [-0.1, -0.05) is 6.92 Å². The standard InChI is InChI=1S/C16H28N4O2/c1-6-13-14(11-19(5)18-13)17-12-8-7-9-20(10-12)15(21)22-16(2,3)4/h11-12,17H,6-10H2,1-5H3. The maximum Gasteiger partial charge on any atom is 0.410 e. The highest BCUT2D eigenvalue weighted by molar-refractivity contribution is 5.68. The molecule has 0 saturated carbocycles. The van der Waals surface area contributed by atoms with E-state index in [1.54, 1.807) is 4.90 Å². The Balaban J connectivity index is 1.97. The highest BCUT2D eigenvalue weighted by Crippen LogP contribution is 2.20. The Kier molecular flexibility index (Phi) is 4.98. The fourth-order valence-corrected chi connectivity index (χ4v) is 2.72. The molecule has 0 bridgehead atoms. The van der Waals surface area contributed by atoms with E-state index in [0.29, 0.717) is 6.54 Å². The van der Waals surface area contributed by atoms with Crippen molar-refractivity contribution in [2.45, 2.75) is 58.6 Å². The fourth-order valence-electron chi connectivity index (χ4n) is 2.72. The van der Waals surface area contributed by atoms with Gasteiger partial charge >= 0.3 is 6.09 Å². The van der Waals surface area contributed by atoms with Crippen LogP contribution >= 0.6 is 0 Å². The van der Waals surface area contributed by atoms with Gasteiger partial charge in [-0.2, -0.15) is 5.10 Å². The van der Waals surface area contributed by atoms with Gasteiger partial charge in [0.15, 0.2) is 0 Å². The van der Waals surface area contributed by atoms with E-state index >= 15 is 0 Å². The summed E-state index contributed by atoms with van der Waals surface area (Å²) in [6, 6.07) is 0.246. The summed E-state index contributed by atoms with van der Waals surface area (Å²) in [5.41, 5.74) is 1.69.